The highest BCUT2D eigenvalue weighted by molar-refractivity contribution is 7.18. The second-order valence-electron chi connectivity index (χ2n) is 5.69. The Morgan fingerprint density at radius 3 is 2.88 bits per heavy atom. The quantitative estimate of drug-likeness (QED) is 0.560. The SMILES string of the molecule is CCc1nc2ccc(C(=O)NCc3nccnc3-c3ccsc3)cc2s1. The predicted molar refractivity (Wildman–Crippen MR) is 106 cm³/mol. The molecule has 0 spiro atoms. The number of fused-ring (bicyclic) bond motifs is 1. The van der Waals surface area contributed by atoms with Gasteiger partial charge >= 0.3 is 0 Å². The molecule has 3 heterocycles. The number of aromatic nitrogens is 3. The second-order valence-corrected chi connectivity index (χ2v) is 7.59. The van der Waals surface area contributed by atoms with Crippen LogP contribution in [0.3, 0.4) is 0 Å². The average molecular weight is 380 g/mol. The van der Waals surface area contributed by atoms with Crippen molar-refractivity contribution in [1.29, 1.82) is 0 Å². The van der Waals surface area contributed by atoms with Gasteiger partial charge in [-0.2, -0.15) is 11.3 Å². The molecule has 7 heteroatoms. The van der Waals surface area contributed by atoms with Crippen LogP contribution in [0.2, 0.25) is 0 Å². The number of thiazole rings is 1. The predicted octanol–water partition coefficient (Wildman–Crippen LogP) is 4.31. The molecule has 130 valence electrons. The molecule has 4 rings (SSSR count). The highest BCUT2D eigenvalue weighted by Gasteiger charge is 2.12. The van der Waals surface area contributed by atoms with Crippen LogP contribution in [0.15, 0.2) is 47.4 Å². The van der Waals surface area contributed by atoms with Crippen LogP contribution in [0.1, 0.15) is 28.0 Å². The largest absolute Gasteiger partial charge is 0.346 e. The molecule has 3 aromatic heterocycles. The summed E-state index contributed by atoms with van der Waals surface area (Å²) in [6.07, 6.45) is 4.22. The lowest BCUT2D eigenvalue weighted by Crippen LogP contribution is -2.23. The van der Waals surface area contributed by atoms with Crippen LogP contribution in [0.25, 0.3) is 21.5 Å². The number of carbonyl (C=O) groups excluding carboxylic acids is 1. The summed E-state index contributed by atoms with van der Waals surface area (Å²) in [7, 11) is 0. The zero-order valence-corrected chi connectivity index (χ0v) is 15.7. The van der Waals surface area contributed by atoms with Gasteiger partial charge in [-0.25, -0.2) is 4.98 Å². The topological polar surface area (TPSA) is 67.8 Å². The fourth-order valence-corrected chi connectivity index (χ4v) is 4.25. The number of hydrogen-bond donors (Lipinski definition) is 1. The van der Waals surface area contributed by atoms with Crippen LogP contribution in [-0.4, -0.2) is 20.9 Å². The van der Waals surface area contributed by atoms with Crippen molar-refractivity contribution in [3.8, 4) is 11.3 Å². The summed E-state index contributed by atoms with van der Waals surface area (Å²) in [4.78, 5) is 25.9. The molecule has 0 radical (unpaired) electrons. The molecule has 0 aliphatic carbocycles. The van der Waals surface area contributed by atoms with Crippen molar-refractivity contribution in [1.82, 2.24) is 20.3 Å². The summed E-state index contributed by atoms with van der Waals surface area (Å²) in [6.45, 7) is 2.41. The molecule has 0 atom stereocenters. The Balaban J connectivity index is 1.53. The zero-order chi connectivity index (χ0) is 17.9. The first-order valence-corrected chi connectivity index (χ1v) is 10.0. The van der Waals surface area contributed by atoms with Gasteiger partial charge in [-0.05, 0) is 36.1 Å². The fraction of sp³-hybridized carbons (Fsp3) is 0.158. The van der Waals surface area contributed by atoms with Gasteiger partial charge in [0.25, 0.3) is 5.91 Å². The van der Waals surface area contributed by atoms with E-state index in [-0.39, 0.29) is 5.91 Å². The third-order valence-electron chi connectivity index (χ3n) is 3.98. The van der Waals surface area contributed by atoms with E-state index in [4.69, 9.17) is 0 Å². The average Bonchev–Trinajstić information content (AvgIpc) is 3.35. The summed E-state index contributed by atoms with van der Waals surface area (Å²) in [5, 5.41) is 8.06. The summed E-state index contributed by atoms with van der Waals surface area (Å²) in [5.41, 5.74) is 4.15. The minimum atomic E-state index is -0.125. The molecule has 0 aliphatic rings. The first-order chi connectivity index (χ1) is 12.7. The van der Waals surface area contributed by atoms with Crippen molar-refractivity contribution < 1.29 is 4.79 Å². The fourth-order valence-electron chi connectivity index (χ4n) is 2.67. The molecule has 1 aromatic carbocycles. The van der Waals surface area contributed by atoms with E-state index >= 15 is 0 Å². The third kappa shape index (κ3) is 3.36. The minimum Gasteiger partial charge on any atom is -0.346 e. The molecular weight excluding hydrogens is 364 g/mol. The first-order valence-electron chi connectivity index (χ1n) is 8.24. The number of aryl methyl sites for hydroxylation is 1. The summed E-state index contributed by atoms with van der Waals surface area (Å²) < 4.78 is 1.04. The molecule has 1 amide bonds. The van der Waals surface area contributed by atoms with Gasteiger partial charge in [-0.3, -0.25) is 14.8 Å². The molecule has 0 bridgehead atoms. The van der Waals surface area contributed by atoms with Crippen molar-refractivity contribution in [2.24, 2.45) is 0 Å². The number of nitrogens with one attached hydrogen (secondary N) is 1. The van der Waals surface area contributed by atoms with E-state index in [2.05, 4.69) is 27.2 Å². The molecule has 1 N–H and O–H groups in total. The molecule has 26 heavy (non-hydrogen) atoms. The van der Waals surface area contributed by atoms with Crippen LogP contribution in [0.4, 0.5) is 0 Å². The third-order valence-corrected chi connectivity index (χ3v) is 5.83. The Labute approximate surface area is 158 Å². The Bertz CT molecular complexity index is 1060. The van der Waals surface area contributed by atoms with E-state index in [1.165, 1.54) is 0 Å². The van der Waals surface area contributed by atoms with Crippen molar-refractivity contribution in [2.75, 3.05) is 0 Å². The van der Waals surface area contributed by atoms with Gasteiger partial charge in [0.2, 0.25) is 0 Å². The molecular formula is C19H16N4OS2. The summed E-state index contributed by atoms with van der Waals surface area (Å²) >= 11 is 3.24. The van der Waals surface area contributed by atoms with Gasteiger partial charge in [-0.15, -0.1) is 11.3 Å². The van der Waals surface area contributed by atoms with Gasteiger partial charge in [0.05, 0.1) is 33.2 Å². The normalized spacial score (nSPS) is 11.0. The van der Waals surface area contributed by atoms with Crippen molar-refractivity contribution in [3.63, 3.8) is 0 Å². The Kier molecular flexibility index (Phi) is 4.73. The van der Waals surface area contributed by atoms with Gasteiger partial charge in [-0.1, -0.05) is 6.92 Å². The Morgan fingerprint density at radius 2 is 2.08 bits per heavy atom. The van der Waals surface area contributed by atoms with Crippen molar-refractivity contribution in [3.05, 3.63) is 63.7 Å². The standard InChI is InChI=1S/C19H16N4OS2/c1-2-17-23-14-4-3-12(9-16(14)26-17)19(24)22-10-15-18(21-7-6-20-15)13-5-8-25-11-13/h3-9,11H,2,10H2,1H3,(H,22,24). The molecule has 0 saturated carbocycles. The number of rotatable bonds is 5. The van der Waals surface area contributed by atoms with E-state index < -0.39 is 0 Å². The maximum Gasteiger partial charge on any atom is 0.251 e. The molecule has 4 aromatic rings. The number of nitrogens with zero attached hydrogens (tertiary/aromatic N) is 3. The van der Waals surface area contributed by atoms with E-state index in [1.807, 2.05) is 35.0 Å². The van der Waals surface area contributed by atoms with Crippen LogP contribution < -0.4 is 5.32 Å². The van der Waals surface area contributed by atoms with Gasteiger partial charge in [0, 0.05) is 28.9 Å². The highest BCUT2D eigenvalue weighted by Crippen LogP contribution is 2.24. The highest BCUT2D eigenvalue weighted by atomic mass is 32.1. The lowest BCUT2D eigenvalue weighted by molar-refractivity contribution is 0.0950. The van der Waals surface area contributed by atoms with E-state index in [0.717, 1.165) is 38.6 Å². The first kappa shape index (κ1) is 16.8. The van der Waals surface area contributed by atoms with Gasteiger partial charge in [0.15, 0.2) is 0 Å². The Morgan fingerprint density at radius 1 is 1.19 bits per heavy atom. The second kappa shape index (κ2) is 7.31. The maximum atomic E-state index is 12.6. The van der Waals surface area contributed by atoms with E-state index in [0.29, 0.717) is 12.1 Å². The lowest BCUT2D eigenvalue weighted by atomic mass is 10.1. The van der Waals surface area contributed by atoms with Crippen LogP contribution >= 0.6 is 22.7 Å². The lowest BCUT2D eigenvalue weighted by Gasteiger charge is -2.08. The molecule has 0 aliphatic heterocycles. The molecule has 0 saturated heterocycles. The molecule has 0 fully saturated rings. The smallest absolute Gasteiger partial charge is 0.251 e. The number of thiophene rings is 1. The molecule has 5 nitrogen and oxygen atoms in total. The number of benzene rings is 1. The number of carbonyl (C=O) groups is 1. The van der Waals surface area contributed by atoms with Crippen LogP contribution in [0, 0.1) is 0 Å². The van der Waals surface area contributed by atoms with Crippen molar-refractivity contribution >= 4 is 38.8 Å². The number of amides is 1. The molecule has 0 unspecified atom stereocenters. The summed E-state index contributed by atoms with van der Waals surface area (Å²) in [5.74, 6) is -0.125. The number of hydrogen-bond acceptors (Lipinski definition) is 6. The summed E-state index contributed by atoms with van der Waals surface area (Å²) in [6, 6.07) is 7.62. The van der Waals surface area contributed by atoms with E-state index in [9.17, 15) is 4.79 Å². The van der Waals surface area contributed by atoms with Gasteiger partial charge in [0.1, 0.15) is 0 Å². The monoisotopic (exact) mass is 380 g/mol. The van der Waals surface area contributed by atoms with E-state index in [1.54, 1.807) is 35.1 Å². The Hall–Kier alpha value is -2.64. The van der Waals surface area contributed by atoms with Crippen LogP contribution in [0.5, 0.6) is 0 Å². The zero-order valence-electron chi connectivity index (χ0n) is 14.1. The maximum absolute atomic E-state index is 12.6. The van der Waals surface area contributed by atoms with Crippen molar-refractivity contribution in [2.45, 2.75) is 19.9 Å². The van der Waals surface area contributed by atoms with Gasteiger partial charge < -0.3 is 5.32 Å². The van der Waals surface area contributed by atoms with Crippen LogP contribution in [-0.2, 0) is 13.0 Å². The minimum absolute atomic E-state index is 0.125.